The molecule has 1 spiro atoms. The molecule has 0 N–H and O–H groups in total. The van der Waals surface area contributed by atoms with Gasteiger partial charge in [-0.15, -0.1) is 11.3 Å². The molecule has 6 aromatic carbocycles. The van der Waals surface area contributed by atoms with E-state index in [1.807, 2.05) is 11.3 Å². The van der Waals surface area contributed by atoms with Crippen molar-refractivity contribution in [3.8, 4) is 33.8 Å². The molecule has 2 heterocycles. The summed E-state index contributed by atoms with van der Waals surface area (Å²) >= 11 is 1.87. The quantitative estimate of drug-likeness (QED) is 0.211. The number of fused-ring (bicyclic) bond motifs is 12. The topological polar surface area (TPSA) is 9.23 Å². The number of ether oxygens (including phenoxy) is 1. The first-order chi connectivity index (χ1) is 20.3. The third kappa shape index (κ3) is 3.00. The highest BCUT2D eigenvalue weighted by Crippen LogP contribution is 2.63. The first kappa shape index (κ1) is 23.1. The Hall–Kier alpha value is -4.66. The first-order valence-corrected chi connectivity index (χ1v) is 15.1. The Morgan fingerprint density at radius 2 is 1.22 bits per heavy atom. The van der Waals surface area contributed by atoms with Crippen LogP contribution >= 0.6 is 11.3 Å². The largest absolute Gasteiger partial charge is 0.456 e. The van der Waals surface area contributed by atoms with Gasteiger partial charge in [-0.2, -0.15) is 0 Å². The molecule has 9 rings (SSSR count). The van der Waals surface area contributed by atoms with E-state index in [2.05, 4.69) is 134 Å². The van der Waals surface area contributed by atoms with Crippen molar-refractivity contribution < 1.29 is 4.74 Å². The zero-order valence-corrected chi connectivity index (χ0v) is 23.5. The summed E-state index contributed by atoms with van der Waals surface area (Å²) in [5, 5.41) is 2.64. The molecule has 1 aliphatic heterocycles. The molecular weight excluding hydrogens is 516 g/mol. The van der Waals surface area contributed by atoms with Gasteiger partial charge in [0, 0.05) is 36.9 Å². The smallest absolute Gasteiger partial charge is 0.140 e. The zero-order chi connectivity index (χ0) is 27.1. The minimum Gasteiger partial charge on any atom is -0.456 e. The summed E-state index contributed by atoms with van der Waals surface area (Å²) in [6.07, 6.45) is 0.951. The van der Waals surface area contributed by atoms with E-state index >= 15 is 0 Å². The maximum absolute atomic E-state index is 6.95. The fraction of sp³-hybridized carbons (Fsp3) is 0.0769. The maximum atomic E-state index is 6.95. The molecule has 194 valence electrons. The molecule has 0 fully saturated rings. The van der Waals surface area contributed by atoms with Crippen LogP contribution in [0.2, 0.25) is 0 Å². The Morgan fingerprint density at radius 1 is 0.561 bits per heavy atom. The molecule has 0 amide bonds. The molecule has 41 heavy (non-hydrogen) atoms. The third-order valence-corrected chi connectivity index (χ3v) is 10.2. The Bertz CT molecular complexity index is 2140. The van der Waals surface area contributed by atoms with Crippen LogP contribution in [0.1, 0.15) is 34.7 Å². The van der Waals surface area contributed by atoms with E-state index in [1.54, 1.807) is 0 Å². The van der Waals surface area contributed by atoms with Crippen LogP contribution in [-0.4, -0.2) is 0 Å². The predicted octanol–water partition coefficient (Wildman–Crippen LogP) is 10.8. The molecule has 1 aliphatic carbocycles. The summed E-state index contributed by atoms with van der Waals surface area (Å²) < 4.78 is 9.59. The van der Waals surface area contributed by atoms with E-state index in [4.69, 9.17) is 4.74 Å². The lowest BCUT2D eigenvalue weighted by molar-refractivity contribution is 0.437. The molecule has 1 aromatic heterocycles. The third-order valence-electron chi connectivity index (χ3n) is 9.11. The Kier molecular flexibility index (Phi) is 4.74. The lowest BCUT2D eigenvalue weighted by atomic mass is 9.65. The zero-order valence-electron chi connectivity index (χ0n) is 22.6. The van der Waals surface area contributed by atoms with Crippen molar-refractivity contribution in [2.75, 3.05) is 0 Å². The second-order valence-electron chi connectivity index (χ2n) is 11.1. The molecule has 7 aromatic rings. The number of hydrogen-bond donors (Lipinski definition) is 0. The molecule has 0 radical (unpaired) electrons. The van der Waals surface area contributed by atoms with Crippen LogP contribution < -0.4 is 4.74 Å². The highest BCUT2D eigenvalue weighted by molar-refractivity contribution is 7.25. The minimum atomic E-state index is -0.445. The molecule has 0 saturated carbocycles. The molecule has 0 bridgehead atoms. The predicted molar refractivity (Wildman–Crippen MR) is 172 cm³/mol. The van der Waals surface area contributed by atoms with Crippen molar-refractivity contribution in [3.05, 3.63) is 155 Å². The molecule has 1 nitrogen and oxygen atoms in total. The fourth-order valence-corrected chi connectivity index (χ4v) is 8.47. The minimum absolute atomic E-state index is 0.445. The van der Waals surface area contributed by atoms with Gasteiger partial charge >= 0.3 is 0 Å². The summed E-state index contributed by atoms with van der Waals surface area (Å²) in [6.45, 7) is 2.25. The van der Waals surface area contributed by atoms with Crippen molar-refractivity contribution >= 4 is 31.5 Å². The summed E-state index contributed by atoms with van der Waals surface area (Å²) in [5.74, 6) is 1.90. The Balaban J connectivity index is 1.40. The number of hydrogen-bond acceptors (Lipinski definition) is 2. The fourth-order valence-electron chi connectivity index (χ4n) is 7.33. The lowest BCUT2D eigenvalue weighted by Crippen LogP contribution is -2.32. The molecule has 2 aliphatic rings. The molecular formula is C39H26OS. The van der Waals surface area contributed by atoms with Crippen LogP contribution in [0.5, 0.6) is 11.5 Å². The van der Waals surface area contributed by atoms with Gasteiger partial charge in [0.2, 0.25) is 0 Å². The summed E-state index contributed by atoms with van der Waals surface area (Å²) in [6, 6.07) is 46.9. The van der Waals surface area contributed by atoms with Crippen molar-refractivity contribution in [1.29, 1.82) is 0 Å². The van der Waals surface area contributed by atoms with E-state index in [0.29, 0.717) is 0 Å². The molecule has 0 atom stereocenters. The van der Waals surface area contributed by atoms with Crippen molar-refractivity contribution in [2.45, 2.75) is 18.8 Å². The lowest BCUT2D eigenvalue weighted by Gasteiger charge is -2.40. The van der Waals surface area contributed by atoms with Crippen LogP contribution in [0.4, 0.5) is 0 Å². The van der Waals surface area contributed by atoms with E-state index in [-0.39, 0.29) is 0 Å². The number of para-hydroxylation sites is 1. The van der Waals surface area contributed by atoms with Crippen LogP contribution in [-0.2, 0) is 11.8 Å². The van der Waals surface area contributed by atoms with E-state index in [1.165, 1.54) is 64.7 Å². The number of aryl methyl sites for hydroxylation is 1. The highest BCUT2D eigenvalue weighted by Gasteiger charge is 2.51. The molecule has 2 heteroatoms. The maximum Gasteiger partial charge on any atom is 0.140 e. The van der Waals surface area contributed by atoms with Gasteiger partial charge in [-0.3, -0.25) is 0 Å². The average molecular weight is 543 g/mol. The van der Waals surface area contributed by atoms with Gasteiger partial charge in [-0.25, -0.2) is 0 Å². The van der Waals surface area contributed by atoms with Gasteiger partial charge in [0.15, 0.2) is 0 Å². The SMILES string of the molecule is CCc1cc(-c2ccc3c(c2)sc2ccccc23)c2c(c1)C1(c3ccccc3O2)c2ccccc2-c2ccccc21. The number of thiophene rings is 1. The Morgan fingerprint density at radius 3 is 2.00 bits per heavy atom. The monoisotopic (exact) mass is 542 g/mol. The normalized spacial score (nSPS) is 14.0. The van der Waals surface area contributed by atoms with E-state index in [0.717, 1.165) is 23.5 Å². The van der Waals surface area contributed by atoms with Gasteiger partial charge in [-0.05, 0) is 64.1 Å². The summed E-state index contributed by atoms with van der Waals surface area (Å²) in [4.78, 5) is 0. The summed E-state index contributed by atoms with van der Waals surface area (Å²) in [7, 11) is 0. The van der Waals surface area contributed by atoms with E-state index < -0.39 is 5.41 Å². The van der Waals surface area contributed by atoms with Crippen LogP contribution in [0, 0.1) is 0 Å². The van der Waals surface area contributed by atoms with Gasteiger partial charge in [0.05, 0.1) is 5.41 Å². The van der Waals surface area contributed by atoms with Gasteiger partial charge in [0.25, 0.3) is 0 Å². The van der Waals surface area contributed by atoms with Gasteiger partial charge in [0.1, 0.15) is 11.5 Å². The molecule has 0 unspecified atom stereocenters. The van der Waals surface area contributed by atoms with Crippen LogP contribution in [0.3, 0.4) is 0 Å². The van der Waals surface area contributed by atoms with Crippen molar-refractivity contribution in [3.63, 3.8) is 0 Å². The van der Waals surface area contributed by atoms with Gasteiger partial charge < -0.3 is 4.74 Å². The standard InChI is InChI=1S/C39H26OS/c1-2-24-21-30(25-19-20-29-28-13-5-10-18-36(28)41-37(29)23-25)38-34(22-24)39(33-16-8-9-17-35(33)40-38)31-14-6-3-11-26(31)27-12-4-7-15-32(27)39/h3-23H,2H2,1H3. The van der Waals surface area contributed by atoms with Crippen LogP contribution in [0.25, 0.3) is 42.4 Å². The second kappa shape index (κ2) is 8.42. The highest BCUT2D eigenvalue weighted by atomic mass is 32.1. The van der Waals surface area contributed by atoms with Crippen molar-refractivity contribution in [2.24, 2.45) is 0 Å². The number of rotatable bonds is 2. The average Bonchev–Trinajstić information content (AvgIpc) is 3.55. The molecule has 0 saturated heterocycles. The van der Waals surface area contributed by atoms with Crippen molar-refractivity contribution in [1.82, 2.24) is 0 Å². The number of benzene rings is 6. The van der Waals surface area contributed by atoms with E-state index in [9.17, 15) is 0 Å². The Labute approximate surface area is 243 Å². The van der Waals surface area contributed by atoms with Gasteiger partial charge in [-0.1, -0.05) is 110 Å². The summed E-state index contributed by atoms with van der Waals surface area (Å²) in [5.41, 5.74) is 11.0. The van der Waals surface area contributed by atoms with Crippen LogP contribution in [0.15, 0.2) is 127 Å². The first-order valence-electron chi connectivity index (χ1n) is 14.3. The second-order valence-corrected chi connectivity index (χ2v) is 12.2.